The number of hydrogen-bond donors (Lipinski definition) is 2. The Balaban J connectivity index is 2.15. The smallest absolute Gasteiger partial charge is 0.262 e. The fraction of sp³-hybridized carbons (Fsp3) is 0.133. The molecule has 3 aromatic rings. The largest absolute Gasteiger partial charge is 0.493 e. The van der Waals surface area contributed by atoms with Gasteiger partial charge in [0, 0.05) is 13.2 Å². The Labute approximate surface area is 120 Å². The van der Waals surface area contributed by atoms with E-state index in [1.807, 2.05) is 25.1 Å². The molecule has 6 nitrogen and oxygen atoms in total. The van der Waals surface area contributed by atoms with Gasteiger partial charge in [0.1, 0.15) is 11.4 Å². The van der Waals surface area contributed by atoms with Crippen LogP contribution in [0.2, 0.25) is 0 Å². The summed E-state index contributed by atoms with van der Waals surface area (Å²) in [6, 6.07) is 7.35. The first-order chi connectivity index (χ1) is 10.0. The zero-order chi connectivity index (χ0) is 15.0. The van der Waals surface area contributed by atoms with E-state index >= 15 is 0 Å². The van der Waals surface area contributed by atoms with Crippen molar-refractivity contribution in [3.8, 4) is 28.4 Å². The van der Waals surface area contributed by atoms with Gasteiger partial charge in [0.25, 0.3) is 5.56 Å². The van der Waals surface area contributed by atoms with Gasteiger partial charge < -0.3 is 10.1 Å². The van der Waals surface area contributed by atoms with Crippen LogP contribution in [0.3, 0.4) is 0 Å². The van der Waals surface area contributed by atoms with Crippen LogP contribution in [0.1, 0.15) is 5.56 Å². The number of aromatic amines is 1. The molecule has 0 aliphatic carbocycles. The molecule has 2 N–H and O–H groups in total. The second-order valence-corrected chi connectivity index (χ2v) is 4.89. The first kappa shape index (κ1) is 13.1. The summed E-state index contributed by atoms with van der Waals surface area (Å²) in [4.78, 5) is 19.0. The predicted octanol–water partition coefficient (Wildman–Crippen LogP) is 1.85. The van der Waals surface area contributed by atoms with E-state index in [2.05, 4.69) is 15.1 Å². The highest BCUT2D eigenvalue weighted by Crippen LogP contribution is 2.25. The summed E-state index contributed by atoms with van der Waals surface area (Å²) < 4.78 is 1.60. The summed E-state index contributed by atoms with van der Waals surface area (Å²) in [5.74, 6) is 0.00482. The van der Waals surface area contributed by atoms with E-state index in [1.165, 1.54) is 0 Å². The van der Waals surface area contributed by atoms with Crippen LogP contribution < -0.4 is 5.56 Å². The van der Waals surface area contributed by atoms with Crippen molar-refractivity contribution in [2.24, 2.45) is 7.05 Å². The first-order valence-corrected chi connectivity index (χ1v) is 6.44. The van der Waals surface area contributed by atoms with Gasteiger partial charge in [-0.25, -0.2) is 0 Å². The summed E-state index contributed by atoms with van der Waals surface area (Å²) in [6.45, 7) is 1.92. The summed E-state index contributed by atoms with van der Waals surface area (Å²) in [7, 11) is 1.77. The number of aromatic hydroxyl groups is 1. The zero-order valence-electron chi connectivity index (χ0n) is 11.7. The van der Waals surface area contributed by atoms with Crippen molar-refractivity contribution in [1.82, 2.24) is 19.7 Å². The molecule has 0 radical (unpaired) electrons. The molecular weight excluding hydrogens is 268 g/mol. The van der Waals surface area contributed by atoms with E-state index in [1.54, 1.807) is 30.2 Å². The van der Waals surface area contributed by atoms with E-state index in [0.29, 0.717) is 17.0 Å². The highest BCUT2D eigenvalue weighted by Gasteiger charge is 2.14. The number of aromatic nitrogens is 4. The second-order valence-electron chi connectivity index (χ2n) is 4.89. The Hall–Kier alpha value is -2.89. The van der Waals surface area contributed by atoms with Crippen molar-refractivity contribution >= 4 is 0 Å². The van der Waals surface area contributed by atoms with Crippen molar-refractivity contribution < 1.29 is 5.11 Å². The maximum atomic E-state index is 12.3. The Bertz CT molecular complexity index is 864. The molecule has 3 rings (SSSR count). The van der Waals surface area contributed by atoms with E-state index < -0.39 is 0 Å². The first-order valence-electron chi connectivity index (χ1n) is 6.44. The Kier molecular flexibility index (Phi) is 3.06. The number of nitrogens with one attached hydrogen (secondary N) is 1. The molecule has 0 amide bonds. The topological polar surface area (TPSA) is 83.8 Å². The van der Waals surface area contributed by atoms with E-state index in [9.17, 15) is 9.90 Å². The summed E-state index contributed by atoms with van der Waals surface area (Å²) in [6.07, 6.45) is 3.29. The van der Waals surface area contributed by atoms with Gasteiger partial charge in [-0.05, 0) is 12.5 Å². The normalized spacial score (nSPS) is 10.8. The van der Waals surface area contributed by atoms with Crippen LogP contribution in [0.4, 0.5) is 0 Å². The van der Waals surface area contributed by atoms with Crippen molar-refractivity contribution in [3.63, 3.8) is 0 Å². The fourth-order valence-corrected chi connectivity index (χ4v) is 2.20. The lowest BCUT2D eigenvalue weighted by molar-refractivity contribution is 0.454. The summed E-state index contributed by atoms with van der Waals surface area (Å²) in [5.41, 5.74) is 2.07. The molecular formula is C15H14N4O2. The number of aryl methyl sites for hydroxylation is 2. The number of H-pyrrole nitrogens is 1. The lowest BCUT2D eigenvalue weighted by atomic mass is 10.1. The van der Waals surface area contributed by atoms with Gasteiger partial charge in [0.05, 0.1) is 11.8 Å². The average molecular weight is 282 g/mol. The highest BCUT2D eigenvalue weighted by atomic mass is 16.3. The Morgan fingerprint density at radius 3 is 2.71 bits per heavy atom. The van der Waals surface area contributed by atoms with Crippen LogP contribution in [0.15, 0.2) is 41.5 Å². The zero-order valence-corrected chi connectivity index (χ0v) is 11.7. The van der Waals surface area contributed by atoms with Gasteiger partial charge in [-0.3, -0.25) is 9.48 Å². The molecule has 106 valence electrons. The fourth-order valence-electron chi connectivity index (χ4n) is 2.20. The van der Waals surface area contributed by atoms with Crippen LogP contribution >= 0.6 is 0 Å². The SMILES string of the molecule is Cc1cccc(-c2c(O)nc(-c3cnn(C)c3)[nH]c2=O)c1. The molecule has 0 saturated heterocycles. The van der Waals surface area contributed by atoms with Crippen molar-refractivity contribution in [2.45, 2.75) is 6.92 Å². The molecule has 1 aromatic carbocycles. The molecule has 2 heterocycles. The predicted molar refractivity (Wildman–Crippen MR) is 78.9 cm³/mol. The molecule has 21 heavy (non-hydrogen) atoms. The summed E-state index contributed by atoms with van der Waals surface area (Å²) in [5, 5.41) is 14.1. The standard InChI is InChI=1S/C15H14N4O2/c1-9-4-3-5-10(6-9)12-14(20)17-13(18-15(12)21)11-7-16-19(2)8-11/h3-8H,1-2H3,(H2,17,18,20,21). The quantitative estimate of drug-likeness (QED) is 0.751. The minimum atomic E-state index is -0.382. The molecule has 0 atom stereocenters. The van der Waals surface area contributed by atoms with Crippen LogP contribution in [0.25, 0.3) is 22.5 Å². The molecule has 0 unspecified atom stereocenters. The van der Waals surface area contributed by atoms with Gasteiger partial charge in [0.15, 0.2) is 0 Å². The third-order valence-corrected chi connectivity index (χ3v) is 3.19. The minimum absolute atomic E-state index is 0.173. The van der Waals surface area contributed by atoms with Crippen molar-refractivity contribution in [1.29, 1.82) is 0 Å². The lowest BCUT2D eigenvalue weighted by Crippen LogP contribution is -2.12. The molecule has 2 aromatic heterocycles. The number of nitrogens with zero attached hydrogens (tertiary/aromatic N) is 3. The molecule has 0 aliphatic rings. The van der Waals surface area contributed by atoms with E-state index in [-0.39, 0.29) is 17.0 Å². The molecule has 0 fully saturated rings. The molecule has 0 aliphatic heterocycles. The van der Waals surface area contributed by atoms with Crippen LogP contribution in [-0.2, 0) is 7.05 Å². The molecule has 0 saturated carbocycles. The van der Waals surface area contributed by atoms with Gasteiger partial charge in [0.2, 0.25) is 5.88 Å². The van der Waals surface area contributed by atoms with Gasteiger partial charge in [-0.2, -0.15) is 10.1 Å². The van der Waals surface area contributed by atoms with Crippen LogP contribution in [0, 0.1) is 6.92 Å². The van der Waals surface area contributed by atoms with E-state index in [0.717, 1.165) is 5.56 Å². The molecule has 0 spiro atoms. The third-order valence-electron chi connectivity index (χ3n) is 3.19. The minimum Gasteiger partial charge on any atom is -0.493 e. The van der Waals surface area contributed by atoms with Crippen LogP contribution in [0.5, 0.6) is 5.88 Å². The highest BCUT2D eigenvalue weighted by molar-refractivity contribution is 5.69. The van der Waals surface area contributed by atoms with Crippen LogP contribution in [-0.4, -0.2) is 24.9 Å². The molecule has 0 bridgehead atoms. The molecule has 6 heteroatoms. The average Bonchev–Trinajstić information content (AvgIpc) is 2.85. The Morgan fingerprint density at radius 1 is 1.29 bits per heavy atom. The lowest BCUT2D eigenvalue weighted by Gasteiger charge is -2.06. The van der Waals surface area contributed by atoms with Crippen molar-refractivity contribution in [3.05, 3.63) is 52.6 Å². The van der Waals surface area contributed by atoms with Gasteiger partial charge >= 0.3 is 0 Å². The Morgan fingerprint density at radius 2 is 2.10 bits per heavy atom. The maximum Gasteiger partial charge on any atom is 0.262 e. The second kappa shape index (κ2) is 4.90. The van der Waals surface area contributed by atoms with Crippen molar-refractivity contribution in [2.75, 3.05) is 0 Å². The summed E-state index contributed by atoms with van der Waals surface area (Å²) >= 11 is 0. The van der Waals surface area contributed by atoms with Gasteiger partial charge in [-0.1, -0.05) is 29.8 Å². The third kappa shape index (κ3) is 2.43. The van der Waals surface area contributed by atoms with E-state index in [4.69, 9.17) is 0 Å². The number of rotatable bonds is 2. The van der Waals surface area contributed by atoms with Gasteiger partial charge in [-0.15, -0.1) is 0 Å². The number of benzene rings is 1. The number of hydrogen-bond acceptors (Lipinski definition) is 4. The maximum absolute atomic E-state index is 12.3. The monoisotopic (exact) mass is 282 g/mol.